The molecule has 3 aliphatic carbocycles. The maximum atomic E-state index is 2.47. The summed E-state index contributed by atoms with van der Waals surface area (Å²) in [5, 5.41) is 2.73. The van der Waals surface area contributed by atoms with Crippen molar-refractivity contribution in [3.8, 4) is 44.5 Å². The van der Waals surface area contributed by atoms with E-state index in [1.165, 1.54) is 88.7 Å². The molecule has 0 amide bonds. The van der Waals surface area contributed by atoms with Crippen LogP contribution in [-0.4, -0.2) is 0 Å². The van der Waals surface area contributed by atoms with Crippen molar-refractivity contribution in [1.82, 2.24) is 0 Å². The number of anilines is 3. The van der Waals surface area contributed by atoms with Gasteiger partial charge in [-0.15, -0.1) is 0 Å². The van der Waals surface area contributed by atoms with Crippen molar-refractivity contribution in [1.29, 1.82) is 0 Å². The average molecular weight is 726 g/mol. The molecule has 1 spiro atoms. The van der Waals surface area contributed by atoms with Crippen LogP contribution in [0.4, 0.5) is 17.1 Å². The Kier molecular flexibility index (Phi) is 6.67. The fraction of sp³-hybridized carbons (Fsp3) is 0.0714. The van der Waals surface area contributed by atoms with Gasteiger partial charge in [-0.3, -0.25) is 0 Å². The van der Waals surface area contributed by atoms with E-state index < -0.39 is 0 Å². The topological polar surface area (TPSA) is 3.24 Å². The first-order chi connectivity index (χ1) is 28.0. The Hall–Kier alpha value is -6.96. The SMILES string of the molecule is CC1(C)c2ccccc2-c2ccc(N(c3ccc(-c4ccccc4)cc3)c3ccc(-c4ccc5c(c4)C4(c6ccccc6-5)c5cccc6cccc4c56)cc3)cc21. The van der Waals surface area contributed by atoms with Crippen LogP contribution in [0.5, 0.6) is 0 Å². The van der Waals surface area contributed by atoms with Crippen molar-refractivity contribution in [2.45, 2.75) is 24.7 Å². The fourth-order valence-electron chi connectivity index (χ4n) is 10.6. The van der Waals surface area contributed by atoms with Crippen LogP contribution in [0, 0.1) is 0 Å². The minimum Gasteiger partial charge on any atom is -0.310 e. The van der Waals surface area contributed by atoms with Crippen molar-refractivity contribution >= 4 is 27.8 Å². The van der Waals surface area contributed by atoms with Gasteiger partial charge in [-0.1, -0.05) is 172 Å². The highest BCUT2D eigenvalue weighted by molar-refractivity contribution is 6.05. The maximum absolute atomic E-state index is 2.47. The van der Waals surface area contributed by atoms with Gasteiger partial charge < -0.3 is 4.90 Å². The van der Waals surface area contributed by atoms with Gasteiger partial charge in [0.2, 0.25) is 0 Å². The van der Waals surface area contributed by atoms with E-state index in [2.05, 4.69) is 219 Å². The lowest BCUT2D eigenvalue weighted by atomic mass is 9.58. The number of benzene rings is 9. The summed E-state index contributed by atoms with van der Waals surface area (Å²) in [5.74, 6) is 0. The number of nitrogens with zero attached hydrogens (tertiary/aromatic N) is 1. The molecule has 57 heavy (non-hydrogen) atoms. The van der Waals surface area contributed by atoms with Crippen LogP contribution < -0.4 is 4.90 Å². The molecule has 268 valence electrons. The molecule has 12 rings (SSSR count). The minimum atomic E-state index is -0.248. The quantitative estimate of drug-likeness (QED) is 0.171. The molecule has 0 aliphatic heterocycles. The smallest absolute Gasteiger partial charge is 0.0725 e. The predicted octanol–water partition coefficient (Wildman–Crippen LogP) is 14.6. The van der Waals surface area contributed by atoms with Crippen LogP contribution in [0.2, 0.25) is 0 Å². The Labute approximate surface area is 334 Å². The van der Waals surface area contributed by atoms with Gasteiger partial charge in [-0.25, -0.2) is 0 Å². The van der Waals surface area contributed by atoms with Gasteiger partial charge in [0.25, 0.3) is 0 Å². The fourth-order valence-corrected chi connectivity index (χ4v) is 10.6. The van der Waals surface area contributed by atoms with E-state index in [4.69, 9.17) is 0 Å². The third-order valence-electron chi connectivity index (χ3n) is 13.3. The molecule has 0 fully saturated rings. The van der Waals surface area contributed by atoms with Gasteiger partial charge in [0.05, 0.1) is 5.41 Å². The Morgan fingerprint density at radius 3 is 1.47 bits per heavy atom. The highest BCUT2D eigenvalue weighted by atomic mass is 15.1. The van der Waals surface area contributed by atoms with Gasteiger partial charge >= 0.3 is 0 Å². The van der Waals surface area contributed by atoms with E-state index >= 15 is 0 Å². The molecule has 9 aromatic rings. The molecule has 0 atom stereocenters. The van der Waals surface area contributed by atoms with Crippen LogP contribution in [0.1, 0.15) is 47.2 Å². The number of hydrogen-bond acceptors (Lipinski definition) is 1. The van der Waals surface area contributed by atoms with Crippen LogP contribution in [-0.2, 0) is 10.8 Å². The molecule has 1 heteroatoms. The second kappa shape index (κ2) is 11.8. The lowest BCUT2D eigenvalue weighted by molar-refractivity contribution is 0.660. The summed E-state index contributed by atoms with van der Waals surface area (Å²) in [5.41, 5.74) is 21.7. The third kappa shape index (κ3) is 4.40. The van der Waals surface area contributed by atoms with Gasteiger partial charge in [-0.05, 0) is 131 Å². The van der Waals surface area contributed by atoms with Crippen molar-refractivity contribution in [3.63, 3.8) is 0 Å². The average Bonchev–Trinajstić information content (AvgIpc) is 3.70. The zero-order valence-electron chi connectivity index (χ0n) is 32.0. The molecule has 0 unspecified atom stereocenters. The second-order valence-electron chi connectivity index (χ2n) is 16.5. The molecular formula is C56H39N. The number of rotatable bonds is 5. The van der Waals surface area contributed by atoms with Gasteiger partial charge in [-0.2, -0.15) is 0 Å². The molecule has 3 aliphatic rings. The molecule has 0 bridgehead atoms. The van der Waals surface area contributed by atoms with E-state index in [0.717, 1.165) is 17.1 Å². The minimum absolute atomic E-state index is 0.0916. The normalized spacial score (nSPS) is 14.4. The largest absolute Gasteiger partial charge is 0.310 e. The molecule has 0 saturated carbocycles. The first kappa shape index (κ1) is 32.3. The van der Waals surface area contributed by atoms with Crippen molar-refractivity contribution in [3.05, 3.63) is 234 Å². The van der Waals surface area contributed by atoms with Crippen LogP contribution >= 0.6 is 0 Å². The zero-order valence-corrected chi connectivity index (χ0v) is 32.0. The predicted molar refractivity (Wildman–Crippen MR) is 238 cm³/mol. The summed E-state index contributed by atoms with van der Waals surface area (Å²) in [4.78, 5) is 2.41. The van der Waals surface area contributed by atoms with Crippen molar-refractivity contribution in [2.75, 3.05) is 4.90 Å². The molecular weight excluding hydrogens is 687 g/mol. The van der Waals surface area contributed by atoms with Gasteiger partial charge in [0.15, 0.2) is 0 Å². The zero-order chi connectivity index (χ0) is 37.9. The van der Waals surface area contributed by atoms with E-state index in [0.29, 0.717) is 0 Å². The van der Waals surface area contributed by atoms with Crippen LogP contribution in [0.25, 0.3) is 55.3 Å². The lowest BCUT2D eigenvalue weighted by Gasteiger charge is -2.43. The summed E-state index contributed by atoms with van der Waals surface area (Å²) in [6.07, 6.45) is 0. The molecule has 1 nitrogen and oxygen atoms in total. The van der Waals surface area contributed by atoms with Crippen LogP contribution in [0.15, 0.2) is 200 Å². The lowest BCUT2D eigenvalue weighted by Crippen LogP contribution is -2.36. The summed E-state index contributed by atoms with van der Waals surface area (Å²) >= 11 is 0. The summed E-state index contributed by atoms with van der Waals surface area (Å²) in [6.45, 7) is 4.72. The Morgan fingerprint density at radius 1 is 0.316 bits per heavy atom. The summed E-state index contributed by atoms with van der Waals surface area (Å²) < 4.78 is 0. The third-order valence-corrected chi connectivity index (χ3v) is 13.3. The van der Waals surface area contributed by atoms with Gasteiger partial charge in [0, 0.05) is 22.5 Å². The number of hydrogen-bond donors (Lipinski definition) is 0. The second-order valence-corrected chi connectivity index (χ2v) is 16.5. The molecule has 0 heterocycles. The standard InChI is InChI=1S/C56H39N/c1-55(2)48-18-8-6-16-44(48)46-33-31-43(35-52(46)55)57(41-27-22-37(23-28-41)36-12-4-3-5-13-36)42-29-24-38(25-30-42)40-26-32-47-45-17-7-9-19-49(45)56(53(47)34-40)50-20-10-14-39-15-11-21-51(56)54(39)50/h3-35H,1-2H3. The molecule has 0 saturated heterocycles. The van der Waals surface area contributed by atoms with Crippen molar-refractivity contribution in [2.24, 2.45) is 0 Å². The highest BCUT2D eigenvalue weighted by Crippen LogP contribution is 2.64. The molecule has 0 radical (unpaired) electrons. The van der Waals surface area contributed by atoms with E-state index in [1.807, 2.05) is 0 Å². The summed E-state index contributed by atoms with van der Waals surface area (Å²) in [7, 11) is 0. The monoisotopic (exact) mass is 725 g/mol. The van der Waals surface area contributed by atoms with E-state index in [1.54, 1.807) is 0 Å². The van der Waals surface area contributed by atoms with Gasteiger partial charge in [0.1, 0.15) is 0 Å². The summed E-state index contributed by atoms with van der Waals surface area (Å²) in [6, 6.07) is 74.6. The Bertz CT molecular complexity index is 3040. The van der Waals surface area contributed by atoms with Crippen molar-refractivity contribution < 1.29 is 0 Å². The first-order valence-electron chi connectivity index (χ1n) is 20.1. The van der Waals surface area contributed by atoms with Crippen LogP contribution in [0.3, 0.4) is 0 Å². The molecule has 0 N–H and O–H groups in total. The number of fused-ring (bicyclic) bond motifs is 10. The van der Waals surface area contributed by atoms with E-state index in [-0.39, 0.29) is 10.8 Å². The molecule has 9 aromatic carbocycles. The van der Waals surface area contributed by atoms with E-state index in [9.17, 15) is 0 Å². The maximum Gasteiger partial charge on any atom is 0.0725 e. The highest BCUT2D eigenvalue weighted by Gasteiger charge is 2.53. The molecule has 0 aromatic heterocycles. The first-order valence-corrected chi connectivity index (χ1v) is 20.1. The Balaban J connectivity index is 0.968. The Morgan fingerprint density at radius 2 is 0.789 bits per heavy atom.